The standard InChI is InChI=1S/C7H16OS/c1-3-5-7-9-8-6-4-2/h3-7H2,1-2H3. The van der Waals surface area contributed by atoms with Crippen molar-refractivity contribution in [2.24, 2.45) is 0 Å². The van der Waals surface area contributed by atoms with Crippen molar-refractivity contribution in [2.75, 3.05) is 12.4 Å². The molecule has 0 rings (SSSR count). The van der Waals surface area contributed by atoms with Crippen molar-refractivity contribution in [1.82, 2.24) is 0 Å². The van der Waals surface area contributed by atoms with Crippen molar-refractivity contribution in [3.8, 4) is 0 Å². The summed E-state index contributed by atoms with van der Waals surface area (Å²) < 4.78 is 5.20. The number of hydrogen-bond donors (Lipinski definition) is 0. The molecule has 0 aromatic heterocycles. The highest BCUT2D eigenvalue weighted by Crippen LogP contribution is 2.05. The summed E-state index contributed by atoms with van der Waals surface area (Å²) in [7, 11) is 0. The minimum Gasteiger partial charge on any atom is -0.315 e. The maximum Gasteiger partial charge on any atom is 0.0611 e. The molecule has 0 saturated carbocycles. The second-order valence-electron chi connectivity index (χ2n) is 2.00. The van der Waals surface area contributed by atoms with Crippen LogP contribution in [0.4, 0.5) is 0 Å². The third-order valence-corrected chi connectivity index (χ3v) is 1.74. The van der Waals surface area contributed by atoms with Crippen LogP contribution in [0.15, 0.2) is 0 Å². The molecule has 0 radical (unpaired) electrons. The van der Waals surface area contributed by atoms with Gasteiger partial charge in [-0.15, -0.1) is 0 Å². The molecule has 0 aliphatic rings. The predicted molar refractivity (Wildman–Crippen MR) is 43.6 cm³/mol. The number of rotatable bonds is 6. The Kier molecular flexibility index (Phi) is 8.60. The van der Waals surface area contributed by atoms with Gasteiger partial charge in [-0.3, -0.25) is 0 Å². The smallest absolute Gasteiger partial charge is 0.0611 e. The molecule has 0 heterocycles. The zero-order valence-corrected chi connectivity index (χ0v) is 7.17. The second-order valence-corrected chi connectivity index (χ2v) is 2.88. The summed E-state index contributed by atoms with van der Waals surface area (Å²) in [5, 5.41) is 0. The van der Waals surface area contributed by atoms with Gasteiger partial charge in [-0.1, -0.05) is 20.3 Å². The van der Waals surface area contributed by atoms with E-state index >= 15 is 0 Å². The minimum absolute atomic E-state index is 0.897. The van der Waals surface area contributed by atoms with Crippen molar-refractivity contribution < 1.29 is 4.18 Å². The van der Waals surface area contributed by atoms with Gasteiger partial charge in [0.2, 0.25) is 0 Å². The first kappa shape index (κ1) is 9.31. The Labute approximate surface area is 62.4 Å². The van der Waals surface area contributed by atoms with E-state index in [0.29, 0.717) is 0 Å². The zero-order chi connectivity index (χ0) is 6.95. The third kappa shape index (κ3) is 8.31. The lowest BCUT2D eigenvalue weighted by Gasteiger charge is -1.97. The number of unbranched alkanes of at least 4 members (excludes halogenated alkanes) is 1. The fourth-order valence-electron chi connectivity index (χ4n) is 0.404. The first-order valence-electron chi connectivity index (χ1n) is 3.66. The van der Waals surface area contributed by atoms with Gasteiger partial charge < -0.3 is 4.18 Å². The van der Waals surface area contributed by atoms with E-state index in [1.54, 1.807) is 12.0 Å². The van der Waals surface area contributed by atoms with Crippen LogP contribution < -0.4 is 0 Å². The molecule has 0 aliphatic carbocycles. The van der Waals surface area contributed by atoms with Crippen molar-refractivity contribution in [3.05, 3.63) is 0 Å². The van der Waals surface area contributed by atoms with Gasteiger partial charge >= 0.3 is 0 Å². The molecule has 0 N–H and O–H groups in total. The van der Waals surface area contributed by atoms with Gasteiger partial charge in [0.25, 0.3) is 0 Å². The van der Waals surface area contributed by atoms with Crippen LogP contribution in [-0.4, -0.2) is 12.4 Å². The van der Waals surface area contributed by atoms with E-state index in [1.165, 1.54) is 12.8 Å². The summed E-state index contributed by atoms with van der Waals surface area (Å²) >= 11 is 1.60. The molecule has 1 nitrogen and oxygen atoms in total. The Morgan fingerprint density at radius 2 is 2.00 bits per heavy atom. The van der Waals surface area contributed by atoms with E-state index in [-0.39, 0.29) is 0 Å². The lowest BCUT2D eigenvalue weighted by molar-refractivity contribution is 0.373. The highest BCUT2D eigenvalue weighted by Gasteiger charge is 1.85. The van der Waals surface area contributed by atoms with E-state index in [1.807, 2.05) is 0 Å². The van der Waals surface area contributed by atoms with E-state index in [4.69, 9.17) is 4.18 Å². The summed E-state index contributed by atoms with van der Waals surface area (Å²) in [6.07, 6.45) is 3.66. The molecule has 0 amide bonds. The van der Waals surface area contributed by atoms with E-state index in [9.17, 15) is 0 Å². The highest BCUT2D eigenvalue weighted by atomic mass is 32.2. The third-order valence-electron chi connectivity index (χ3n) is 0.952. The van der Waals surface area contributed by atoms with Crippen LogP contribution in [0.5, 0.6) is 0 Å². The van der Waals surface area contributed by atoms with Crippen molar-refractivity contribution in [1.29, 1.82) is 0 Å². The van der Waals surface area contributed by atoms with Gasteiger partial charge in [0, 0.05) is 5.75 Å². The summed E-state index contributed by atoms with van der Waals surface area (Å²) in [6, 6.07) is 0. The second kappa shape index (κ2) is 8.31. The lowest BCUT2D eigenvalue weighted by Crippen LogP contribution is -1.84. The minimum atomic E-state index is 0.897. The Morgan fingerprint density at radius 3 is 2.56 bits per heavy atom. The SMILES string of the molecule is CCCCSOCCC. The van der Waals surface area contributed by atoms with E-state index < -0.39 is 0 Å². The summed E-state index contributed by atoms with van der Waals surface area (Å²) in [6.45, 7) is 5.22. The molecule has 0 bridgehead atoms. The largest absolute Gasteiger partial charge is 0.315 e. The fourth-order valence-corrected chi connectivity index (χ4v) is 1.21. The average Bonchev–Trinajstić information content (AvgIpc) is 1.89. The molecule has 0 fully saturated rings. The monoisotopic (exact) mass is 148 g/mol. The van der Waals surface area contributed by atoms with Crippen LogP contribution in [0.2, 0.25) is 0 Å². The molecular formula is C7H16OS. The van der Waals surface area contributed by atoms with Crippen molar-refractivity contribution in [2.45, 2.75) is 33.1 Å². The van der Waals surface area contributed by atoms with Gasteiger partial charge in [0.05, 0.1) is 6.61 Å². The van der Waals surface area contributed by atoms with E-state index in [2.05, 4.69) is 13.8 Å². The Bertz CT molecular complexity index is 42.2. The fraction of sp³-hybridized carbons (Fsp3) is 1.00. The van der Waals surface area contributed by atoms with Crippen LogP contribution >= 0.6 is 12.0 Å². The topological polar surface area (TPSA) is 9.23 Å². The van der Waals surface area contributed by atoms with Gasteiger partial charge in [-0.05, 0) is 24.9 Å². The van der Waals surface area contributed by atoms with Gasteiger partial charge in [0.1, 0.15) is 0 Å². The first-order chi connectivity index (χ1) is 4.41. The molecule has 9 heavy (non-hydrogen) atoms. The highest BCUT2D eigenvalue weighted by molar-refractivity contribution is 7.94. The molecule has 56 valence electrons. The van der Waals surface area contributed by atoms with Crippen LogP contribution in [-0.2, 0) is 4.18 Å². The van der Waals surface area contributed by atoms with Crippen LogP contribution in [0.3, 0.4) is 0 Å². The van der Waals surface area contributed by atoms with Crippen LogP contribution in [0.1, 0.15) is 33.1 Å². The van der Waals surface area contributed by atoms with E-state index in [0.717, 1.165) is 18.8 Å². The van der Waals surface area contributed by atoms with Gasteiger partial charge in [0.15, 0.2) is 0 Å². The quantitative estimate of drug-likeness (QED) is 0.423. The zero-order valence-electron chi connectivity index (χ0n) is 6.35. The molecule has 0 atom stereocenters. The molecule has 0 aromatic carbocycles. The predicted octanol–water partition coefficient (Wildman–Crippen LogP) is 2.86. The lowest BCUT2D eigenvalue weighted by atomic mass is 10.4. The van der Waals surface area contributed by atoms with Crippen molar-refractivity contribution >= 4 is 12.0 Å². The van der Waals surface area contributed by atoms with Crippen molar-refractivity contribution in [3.63, 3.8) is 0 Å². The Hall–Kier alpha value is 0.310. The Balaban J connectivity index is 2.60. The molecule has 0 saturated heterocycles. The maximum absolute atomic E-state index is 5.20. The number of hydrogen-bond acceptors (Lipinski definition) is 2. The summed E-state index contributed by atoms with van der Waals surface area (Å²) in [4.78, 5) is 0. The maximum atomic E-state index is 5.20. The summed E-state index contributed by atoms with van der Waals surface area (Å²) in [5.41, 5.74) is 0. The molecular weight excluding hydrogens is 132 g/mol. The first-order valence-corrected chi connectivity index (χ1v) is 4.57. The average molecular weight is 148 g/mol. The molecule has 0 unspecified atom stereocenters. The van der Waals surface area contributed by atoms with Gasteiger partial charge in [-0.25, -0.2) is 0 Å². The summed E-state index contributed by atoms with van der Waals surface area (Å²) in [5.74, 6) is 1.15. The Morgan fingerprint density at radius 1 is 1.22 bits per heavy atom. The normalized spacial score (nSPS) is 10.0. The van der Waals surface area contributed by atoms with Crippen LogP contribution in [0.25, 0.3) is 0 Å². The van der Waals surface area contributed by atoms with Crippen LogP contribution in [0, 0.1) is 0 Å². The molecule has 0 spiro atoms. The molecule has 0 aliphatic heterocycles. The molecule has 2 heteroatoms. The molecule has 0 aromatic rings. The van der Waals surface area contributed by atoms with Gasteiger partial charge in [-0.2, -0.15) is 0 Å².